The number of nitro groups is 1. The van der Waals surface area contributed by atoms with Crippen molar-refractivity contribution < 1.29 is 14.8 Å². The van der Waals surface area contributed by atoms with Gasteiger partial charge >= 0.3 is 0 Å². The molecule has 1 atom stereocenters. The molecule has 1 aromatic carbocycles. The molecule has 0 radical (unpaired) electrons. The van der Waals surface area contributed by atoms with Crippen molar-refractivity contribution in [3.05, 3.63) is 39.9 Å². The summed E-state index contributed by atoms with van der Waals surface area (Å²) in [5, 5.41) is 23.8. The van der Waals surface area contributed by atoms with Gasteiger partial charge in [0.15, 0.2) is 0 Å². The molecule has 7 heteroatoms. The number of non-ortho nitro benzene ring substituents is 1. The normalized spacial score (nSPS) is 17.3. The summed E-state index contributed by atoms with van der Waals surface area (Å²) < 4.78 is 5.30. The minimum atomic E-state index is -0.649. The largest absolute Gasteiger partial charge is 0.387 e. The molecule has 1 heterocycles. The lowest BCUT2D eigenvalue weighted by molar-refractivity contribution is -0.384. The summed E-state index contributed by atoms with van der Waals surface area (Å²) in [5.74, 6) is 0. The SMILES string of the molecule is O=[N+]([O-])c1ccc(C(O)CNCCCN2CCOCC2)cc1. The number of ether oxygens (including phenoxy) is 1. The zero-order chi connectivity index (χ0) is 15.8. The number of aliphatic hydroxyl groups excluding tert-OH is 1. The summed E-state index contributed by atoms with van der Waals surface area (Å²) in [7, 11) is 0. The highest BCUT2D eigenvalue weighted by Gasteiger charge is 2.11. The summed E-state index contributed by atoms with van der Waals surface area (Å²) in [6, 6.07) is 6.02. The second-order valence-electron chi connectivity index (χ2n) is 5.38. The van der Waals surface area contributed by atoms with E-state index in [1.54, 1.807) is 12.1 Å². The lowest BCUT2D eigenvalue weighted by atomic mass is 10.1. The Balaban J connectivity index is 1.62. The van der Waals surface area contributed by atoms with Gasteiger partial charge in [0.1, 0.15) is 0 Å². The molecular weight excluding hydrogens is 286 g/mol. The van der Waals surface area contributed by atoms with Crippen LogP contribution in [0.2, 0.25) is 0 Å². The molecule has 0 aliphatic carbocycles. The summed E-state index contributed by atoms with van der Waals surface area (Å²) in [4.78, 5) is 12.5. The predicted octanol–water partition coefficient (Wildman–Crippen LogP) is 0.940. The fourth-order valence-corrected chi connectivity index (χ4v) is 2.43. The second-order valence-corrected chi connectivity index (χ2v) is 5.38. The van der Waals surface area contributed by atoms with Crippen LogP contribution in [0.1, 0.15) is 18.1 Å². The van der Waals surface area contributed by atoms with E-state index in [0.29, 0.717) is 12.1 Å². The van der Waals surface area contributed by atoms with Crippen molar-refractivity contribution in [2.45, 2.75) is 12.5 Å². The zero-order valence-corrected chi connectivity index (χ0v) is 12.6. The van der Waals surface area contributed by atoms with Crippen molar-refractivity contribution in [3.63, 3.8) is 0 Å². The van der Waals surface area contributed by atoms with Gasteiger partial charge in [-0.15, -0.1) is 0 Å². The number of nitro benzene ring substituents is 1. The molecule has 1 aliphatic rings. The van der Waals surface area contributed by atoms with E-state index >= 15 is 0 Å². The van der Waals surface area contributed by atoms with Gasteiger partial charge in [0.2, 0.25) is 0 Å². The van der Waals surface area contributed by atoms with E-state index in [9.17, 15) is 15.2 Å². The molecule has 1 fully saturated rings. The number of rotatable bonds is 8. The average molecular weight is 309 g/mol. The molecule has 122 valence electrons. The average Bonchev–Trinajstić information content (AvgIpc) is 2.55. The molecule has 2 rings (SSSR count). The van der Waals surface area contributed by atoms with Gasteiger partial charge in [-0.1, -0.05) is 0 Å². The summed E-state index contributed by atoms with van der Waals surface area (Å²) in [6.45, 7) is 5.92. The van der Waals surface area contributed by atoms with Gasteiger partial charge in [-0.25, -0.2) is 0 Å². The van der Waals surface area contributed by atoms with Crippen molar-refractivity contribution in [1.82, 2.24) is 10.2 Å². The van der Waals surface area contributed by atoms with Crippen molar-refractivity contribution in [3.8, 4) is 0 Å². The third-order valence-corrected chi connectivity index (χ3v) is 3.76. The Morgan fingerprint density at radius 1 is 1.32 bits per heavy atom. The molecule has 0 aromatic heterocycles. The molecular formula is C15H23N3O4. The Labute approximate surface area is 130 Å². The number of hydrogen-bond donors (Lipinski definition) is 2. The summed E-state index contributed by atoms with van der Waals surface area (Å²) >= 11 is 0. The monoisotopic (exact) mass is 309 g/mol. The standard InChI is InChI=1S/C15H23N3O4/c19-15(13-2-4-14(5-3-13)18(20)21)12-16-6-1-7-17-8-10-22-11-9-17/h2-5,15-16,19H,1,6-12H2. The Morgan fingerprint density at radius 2 is 2.00 bits per heavy atom. The van der Waals surface area contributed by atoms with E-state index in [2.05, 4.69) is 10.2 Å². The van der Waals surface area contributed by atoms with E-state index in [1.165, 1.54) is 12.1 Å². The van der Waals surface area contributed by atoms with Crippen LogP contribution in [0.5, 0.6) is 0 Å². The predicted molar refractivity (Wildman–Crippen MR) is 82.8 cm³/mol. The second kappa shape index (κ2) is 8.79. The van der Waals surface area contributed by atoms with Gasteiger partial charge in [0, 0.05) is 31.8 Å². The third-order valence-electron chi connectivity index (χ3n) is 3.76. The van der Waals surface area contributed by atoms with Crippen LogP contribution in [-0.4, -0.2) is 60.9 Å². The van der Waals surface area contributed by atoms with Crippen LogP contribution >= 0.6 is 0 Å². The van der Waals surface area contributed by atoms with Gasteiger partial charge in [-0.2, -0.15) is 0 Å². The fourth-order valence-electron chi connectivity index (χ4n) is 2.43. The van der Waals surface area contributed by atoms with Crippen LogP contribution in [0.15, 0.2) is 24.3 Å². The molecule has 1 saturated heterocycles. The molecule has 2 N–H and O–H groups in total. The first kappa shape index (κ1) is 16.8. The van der Waals surface area contributed by atoms with E-state index in [0.717, 1.165) is 45.8 Å². The van der Waals surface area contributed by atoms with Crippen molar-refractivity contribution in [1.29, 1.82) is 0 Å². The van der Waals surface area contributed by atoms with Crippen LogP contribution in [0.4, 0.5) is 5.69 Å². The maximum absolute atomic E-state index is 10.6. The minimum Gasteiger partial charge on any atom is -0.387 e. The molecule has 0 saturated carbocycles. The number of aliphatic hydroxyl groups is 1. The maximum Gasteiger partial charge on any atom is 0.269 e. The lowest BCUT2D eigenvalue weighted by Crippen LogP contribution is -2.37. The molecule has 1 aromatic rings. The summed E-state index contributed by atoms with van der Waals surface area (Å²) in [5.41, 5.74) is 0.723. The molecule has 0 amide bonds. The molecule has 0 spiro atoms. The van der Waals surface area contributed by atoms with Gasteiger partial charge < -0.3 is 15.2 Å². The Morgan fingerprint density at radius 3 is 2.64 bits per heavy atom. The first-order chi connectivity index (χ1) is 10.7. The smallest absolute Gasteiger partial charge is 0.269 e. The van der Waals surface area contributed by atoms with Crippen LogP contribution in [0, 0.1) is 10.1 Å². The van der Waals surface area contributed by atoms with Gasteiger partial charge in [-0.3, -0.25) is 15.0 Å². The maximum atomic E-state index is 10.6. The highest BCUT2D eigenvalue weighted by Crippen LogP contribution is 2.17. The molecule has 1 aliphatic heterocycles. The number of hydrogen-bond acceptors (Lipinski definition) is 6. The van der Waals surface area contributed by atoms with E-state index in [4.69, 9.17) is 4.74 Å². The number of benzene rings is 1. The Kier molecular flexibility index (Phi) is 6.73. The Hall–Kier alpha value is -1.54. The van der Waals surface area contributed by atoms with Crippen LogP contribution < -0.4 is 5.32 Å². The van der Waals surface area contributed by atoms with E-state index in [-0.39, 0.29) is 5.69 Å². The first-order valence-electron chi connectivity index (χ1n) is 7.60. The minimum absolute atomic E-state index is 0.0365. The molecule has 7 nitrogen and oxygen atoms in total. The van der Waals surface area contributed by atoms with E-state index < -0.39 is 11.0 Å². The topological polar surface area (TPSA) is 87.9 Å². The summed E-state index contributed by atoms with van der Waals surface area (Å²) in [6.07, 6.45) is 0.372. The van der Waals surface area contributed by atoms with Crippen LogP contribution in [0.25, 0.3) is 0 Å². The van der Waals surface area contributed by atoms with Crippen LogP contribution in [-0.2, 0) is 4.74 Å². The van der Waals surface area contributed by atoms with E-state index in [1.807, 2.05) is 0 Å². The number of nitrogens with zero attached hydrogens (tertiary/aromatic N) is 2. The van der Waals surface area contributed by atoms with Crippen molar-refractivity contribution >= 4 is 5.69 Å². The third kappa shape index (κ3) is 5.34. The van der Waals surface area contributed by atoms with Gasteiger partial charge in [0.05, 0.1) is 24.2 Å². The highest BCUT2D eigenvalue weighted by molar-refractivity contribution is 5.33. The molecule has 0 bridgehead atoms. The lowest BCUT2D eigenvalue weighted by Gasteiger charge is -2.26. The molecule has 22 heavy (non-hydrogen) atoms. The molecule has 1 unspecified atom stereocenters. The van der Waals surface area contributed by atoms with Crippen molar-refractivity contribution in [2.24, 2.45) is 0 Å². The Bertz CT molecular complexity index is 460. The zero-order valence-electron chi connectivity index (χ0n) is 12.6. The number of nitrogens with one attached hydrogen (secondary N) is 1. The van der Waals surface area contributed by atoms with Crippen LogP contribution in [0.3, 0.4) is 0 Å². The van der Waals surface area contributed by atoms with Gasteiger partial charge in [0.25, 0.3) is 5.69 Å². The highest BCUT2D eigenvalue weighted by atomic mass is 16.6. The van der Waals surface area contributed by atoms with Crippen molar-refractivity contribution in [2.75, 3.05) is 45.9 Å². The fraction of sp³-hybridized carbons (Fsp3) is 0.600. The number of morpholine rings is 1. The quantitative estimate of drug-likeness (QED) is 0.422. The first-order valence-corrected chi connectivity index (χ1v) is 7.60. The van der Waals surface area contributed by atoms with Gasteiger partial charge in [-0.05, 0) is 37.2 Å².